The minimum absolute atomic E-state index is 0.256. The second-order valence-electron chi connectivity index (χ2n) is 4.92. The van der Waals surface area contributed by atoms with Crippen LogP contribution in [0.4, 0.5) is 21.7 Å². The molecule has 0 saturated heterocycles. The van der Waals surface area contributed by atoms with Crippen LogP contribution in [0.1, 0.15) is 32.3 Å². The van der Waals surface area contributed by atoms with Crippen molar-refractivity contribution < 1.29 is 4.39 Å². The zero-order valence-electron chi connectivity index (χ0n) is 12.2. The maximum atomic E-state index is 13.3. The maximum Gasteiger partial charge on any atom is 0.139 e. The molecule has 0 radical (unpaired) electrons. The first-order valence-corrected chi connectivity index (χ1v) is 7.63. The van der Waals surface area contributed by atoms with Gasteiger partial charge < -0.3 is 10.6 Å². The average molecular weight is 353 g/mol. The van der Waals surface area contributed by atoms with E-state index in [2.05, 4.69) is 50.4 Å². The minimum atomic E-state index is -0.291. The largest absolute Gasteiger partial charge is 0.370 e. The molecule has 6 heteroatoms. The Labute approximate surface area is 132 Å². The molecule has 0 aliphatic rings. The summed E-state index contributed by atoms with van der Waals surface area (Å²) in [7, 11) is 0. The Hall–Kier alpha value is -1.69. The molecule has 0 amide bonds. The molecule has 0 atom stereocenters. The van der Waals surface area contributed by atoms with E-state index in [-0.39, 0.29) is 11.7 Å². The number of benzene rings is 1. The summed E-state index contributed by atoms with van der Waals surface area (Å²) in [6.07, 6.45) is 1.52. The molecule has 21 heavy (non-hydrogen) atoms. The van der Waals surface area contributed by atoms with Crippen LogP contribution in [-0.4, -0.2) is 16.5 Å². The van der Waals surface area contributed by atoms with Gasteiger partial charge in [0.15, 0.2) is 0 Å². The van der Waals surface area contributed by atoms with Crippen molar-refractivity contribution in [1.29, 1.82) is 0 Å². The summed E-state index contributed by atoms with van der Waals surface area (Å²) < 4.78 is 13.7. The lowest BCUT2D eigenvalue weighted by Gasteiger charge is -2.17. The Morgan fingerprint density at radius 1 is 1.24 bits per heavy atom. The van der Waals surface area contributed by atoms with E-state index in [1.165, 1.54) is 12.4 Å². The average Bonchev–Trinajstić information content (AvgIpc) is 2.43. The van der Waals surface area contributed by atoms with Gasteiger partial charge in [-0.3, -0.25) is 0 Å². The van der Waals surface area contributed by atoms with Crippen molar-refractivity contribution in [3.63, 3.8) is 0 Å². The Balaban J connectivity index is 2.38. The van der Waals surface area contributed by atoms with E-state index < -0.39 is 0 Å². The van der Waals surface area contributed by atoms with Crippen molar-refractivity contribution in [2.24, 2.45) is 0 Å². The van der Waals surface area contributed by atoms with Gasteiger partial charge in [-0.05, 0) is 47.0 Å². The van der Waals surface area contributed by atoms with Crippen LogP contribution < -0.4 is 10.6 Å². The van der Waals surface area contributed by atoms with Crippen molar-refractivity contribution >= 4 is 33.3 Å². The molecule has 112 valence electrons. The SMILES string of the molecule is CCNc1ncnc(Nc2ccc(F)c(Br)c2)c1C(C)C. The van der Waals surface area contributed by atoms with Gasteiger partial charge in [0.1, 0.15) is 23.8 Å². The van der Waals surface area contributed by atoms with Crippen molar-refractivity contribution in [2.75, 3.05) is 17.2 Å². The first-order chi connectivity index (χ1) is 10.0. The number of hydrogen-bond donors (Lipinski definition) is 2. The van der Waals surface area contributed by atoms with E-state index in [0.717, 1.165) is 29.4 Å². The lowest BCUT2D eigenvalue weighted by atomic mass is 10.0. The summed E-state index contributed by atoms with van der Waals surface area (Å²) in [6.45, 7) is 6.99. The summed E-state index contributed by atoms with van der Waals surface area (Å²) in [5.41, 5.74) is 1.78. The third-order valence-corrected chi connectivity index (χ3v) is 3.60. The number of nitrogens with one attached hydrogen (secondary N) is 2. The molecular formula is C15H18BrFN4. The minimum Gasteiger partial charge on any atom is -0.370 e. The molecule has 1 aromatic carbocycles. The molecule has 0 saturated carbocycles. The van der Waals surface area contributed by atoms with E-state index in [1.807, 2.05) is 6.92 Å². The summed E-state index contributed by atoms with van der Waals surface area (Å²) in [5.74, 6) is 1.52. The first-order valence-electron chi connectivity index (χ1n) is 6.83. The molecule has 1 aromatic heterocycles. The van der Waals surface area contributed by atoms with Gasteiger partial charge in [0.25, 0.3) is 0 Å². The summed E-state index contributed by atoms with van der Waals surface area (Å²) >= 11 is 3.19. The molecule has 0 spiro atoms. The van der Waals surface area contributed by atoms with Crippen LogP contribution in [0, 0.1) is 5.82 Å². The third-order valence-electron chi connectivity index (χ3n) is 2.99. The molecule has 0 aliphatic carbocycles. The molecule has 0 fully saturated rings. The number of nitrogens with zero attached hydrogens (tertiary/aromatic N) is 2. The van der Waals surface area contributed by atoms with Crippen molar-refractivity contribution in [1.82, 2.24) is 9.97 Å². The highest BCUT2D eigenvalue weighted by atomic mass is 79.9. The van der Waals surface area contributed by atoms with Crippen molar-refractivity contribution in [2.45, 2.75) is 26.7 Å². The van der Waals surface area contributed by atoms with E-state index in [0.29, 0.717) is 4.47 Å². The Bertz CT molecular complexity index is 631. The fourth-order valence-corrected chi connectivity index (χ4v) is 2.44. The van der Waals surface area contributed by atoms with E-state index in [9.17, 15) is 4.39 Å². The van der Waals surface area contributed by atoms with Crippen LogP contribution >= 0.6 is 15.9 Å². The zero-order valence-corrected chi connectivity index (χ0v) is 13.8. The Kier molecular flexibility index (Phi) is 5.12. The molecule has 2 rings (SSSR count). The van der Waals surface area contributed by atoms with Crippen LogP contribution in [0.15, 0.2) is 29.0 Å². The highest BCUT2D eigenvalue weighted by Gasteiger charge is 2.15. The van der Waals surface area contributed by atoms with Crippen LogP contribution in [0.3, 0.4) is 0 Å². The highest BCUT2D eigenvalue weighted by Crippen LogP contribution is 2.31. The molecule has 0 aliphatic heterocycles. The summed E-state index contributed by atoms with van der Waals surface area (Å²) in [4.78, 5) is 8.61. The van der Waals surface area contributed by atoms with Crippen molar-refractivity contribution in [3.8, 4) is 0 Å². The molecular weight excluding hydrogens is 335 g/mol. The van der Waals surface area contributed by atoms with Crippen LogP contribution in [0.5, 0.6) is 0 Å². The Morgan fingerprint density at radius 2 is 1.95 bits per heavy atom. The van der Waals surface area contributed by atoms with Gasteiger partial charge in [-0.1, -0.05) is 13.8 Å². The highest BCUT2D eigenvalue weighted by molar-refractivity contribution is 9.10. The molecule has 1 heterocycles. The quantitative estimate of drug-likeness (QED) is 0.820. The fourth-order valence-electron chi connectivity index (χ4n) is 2.06. The number of rotatable bonds is 5. The molecule has 4 nitrogen and oxygen atoms in total. The lowest BCUT2D eigenvalue weighted by molar-refractivity contribution is 0.621. The molecule has 2 N–H and O–H groups in total. The molecule has 0 unspecified atom stereocenters. The van der Waals surface area contributed by atoms with Crippen LogP contribution in [0.25, 0.3) is 0 Å². The van der Waals surface area contributed by atoms with Crippen molar-refractivity contribution in [3.05, 3.63) is 40.4 Å². The number of halogens is 2. The zero-order chi connectivity index (χ0) is 15.4. The first kappa shape index (κ1) is 15.7. The van der Waals surface area contributed by atoms with E-state index >= 15 is 0 Å². The predicted octanol–water partition coefficient (Wildman–Crippen LogP) is 4.68. The van der Waals surface area contributed by atoms with Gasteiger partial charge in [-0.15, -0.1) is 0 Å². The monoisotopic (exact) mass is 352 g/mol. The van der Waals surface area contributed by atoms with Gasteiger partial charge >= 0.3 is 0 Å². The standard InChI is InChI=1S/C15H18BrFN4/c1-4-18-14-13(9(2)3)15(20-8-19-14)21-10-5-6-12(17)11(16)7-10/h5-9H,4H2,1-3H3,(H2,18,19,20,21). The maximum absolute atomic E-state index is 13.3. The summed E-state index contributed by atoms with van der Waals surface area (Å²) in [6, 6.07) is 4.78. The second kappa shape index (κ2) is 6.85. The topological polar surface area (TPSA) is 49.8 Å². The fraction of sp³-hybridized carbons (Fsp3) is 0.333. The van der Waals surface area contributed by atoms with Gasteiger partial charge in [-0.2, -0.15) is 0 Å². The number of aromatic nitrogens is 2. The van der Waals surface area contributed by atoms with E-state index in [4.69, 9.17) is 0 Å². The Morgan fingerprint density at radius 3 is 2.57 bits per heavy atom. The smallest absolute Gasteiger partial charge is 0.139 e. The van der Waals surface area contributed by atoms with Gasteiger partial charge in [0, 0.05) is 17.8 Å². The second-order valence-corrected chi connectivity index (χ2v) is 5.78. The molecule has 2 aromatic rings. The van der Waals surface area contributed by atoms with Crippen LogP contribution in [0.2, 0.25) is 0 Å². The third kappa shape index (κ3) is 3.69. The van der Waals surface area contributed by atoms with Gasteiger partial charge in [0.05, 0.1) is 4.47 Å². The van der Waals surface area contributed by atoms with Gasteiger partial charge in [-0.25, -0.2) is 14.4 Å². The van der Waals surface area contributed by atoms with E-state index in [1.54, 1.807) is 12.1 Å². The number of hydrogen-bond acceptors (Lipinski definition) is 4. The number of anilines is 3. The van der Waals surface area contributed by atoms with Gasteiger partial charge in [0.2, 0.25) is 0 Å². The predicted molar refractivity (Wildman–Crippen MR) is 87.7 cm³/mol. The summed E-state index contributed by atoms with van der Waals surface area (Å²) in [5, 5.41) is 6.48. The lowest BCUT2D eigenvalue weighted by Crippen LogP contribution is -2.09. The molecule has 0 bridgehead atoms. The normalized spacial score (nSPS) is 10.8. The van der Waals surface area contributed by atoms with Crippen LogP contribution in [-0.2, 0) is 0 Å².